The van der Waals surface area contributed by atoms with Crippen LogP contribution in [0.5, 0.6) is 0 Å². The number of carboxylic acids is 1. The van der Waals surface area contributed by atoms with Crippen LogP contribution in [-0.2, 0) is 9.59 Å². The molecule has 0 radical (unpaired) electrons. The molecule has 0 spiro atoms. The third-order valence-corrected chi connectivity index (χ3v) is 4.53. The van der Waals surface area contributed by atoms with Crippen molar-refractivity contribution in [3.8, 4) is 6.07 Å². The zero-order valence-corrected chi connectivity index (χ0v) is 14.7. The molecule has 2 fully saturated rings. The molecule has 1 heterocycles. The molecule has 1 aliphatic heterocycles. The van der Waals surface area contributed by atoms with Gasteiger partial charge in [0.25, 0.3) is 0 Å². The molecule has 26 heavy (non-hydrogen) atoms. The van der Waals surface area contributed by atoms with Gasteiger partial charge in [0.15, 0.2) is 0 Å². The van der Waals surface area contributed by atoms with Crippen LogP contribution in [0.2, 0.25) is 0 Å². The first kappa shape index (κ1) is 22.2. The average Bonchev–Trinajstić information content (AvgIpc) is 3.05. The maximum Gasteiger partial charge on any atom is 0.490 e. The number of nitrogens with one attached hydrogen (secondary N) is 2. The van der Waals surface area contributed by atoms with E-state index in [2.05, 4.69) is 23.8 Å². The monoisotopic (exact) mass is 378 g/mol. The van der Waals surface area contributed by atoms with Gasteiger partial charge in [-0.25, -0.2) is 10.2 Å². The Morgan fingerprint density at radius 1 is 1.23 bits per heavy atom. The van der Waals surface area contributed by atoms with E-state index in [1.807, 2.05) is 0 Å². The van der Waals surface area contributed by atoms with Crippen LogP contribution in [-0.4, -0.2) is 53.2 Å². The van der Waals surface area contributed by atoms with E-state index >= 15 is 0 Å². The topological polar surface area (TPSA) is 105 Å². The first-order valence-electron chi connectivity index (χ1n) is 8.62. The molecular weight excluding hydrogens is 353 g/mol. The number of alkyl halides is 3. The molecule has 7 nitrogen and oxygen atoms in total. The number of carbonyl (C=O) groups excluding carboxylic acids is 1. The molecule has 0 bridgehead atoms. The van der Waals surface area contributed by atoms with Crippen LogP contribution < -0.4 is 10.9 Å². The van der Waals surface area contributed by atoms with E-state index in [1.54, 1.807) is 4.90 Å². The number of hydrogen-bond donors (Lipinski definition) is 3. The molecule has 0 aromatic rings. The predicted molar refractivity (Wildman–Crippen MR) is 86.6 cm³/mol. The number of nitrogens with zero attached hydrogens (tertiary/aromatic N) is 2. The minimum atomic E-state index is -5.08. The van der Waals surface area contributed by atoms with Gasteiger partial charge in [-0.1, -0.05) is 6.92 Å². The fourth-order valence-corrected chi connectivity index (χ4v) is 2.98. The summed E-state index contributed by atoms with van der Waals surface area (Å²) in [6.07, 6.45) is 1.54. The lowest BCUT2D eigenvalue weighted by molar-refractivity contribution is -0.192. The third kappa shape index (κ3) is 7.58. The zero-order chi connectivity index (χ0) is 19.7. The highest BCUT2D eigenvalue weighted by atomic mass is 19.4. The Kier molecular flexibility index (Phi) is 8.81. The minimum Gasteiger partial charge on any atom is -0.475 e. The van der Waals surface area contributed by atoms with Crippen molar-refractivity contribution in [3.05, 3.63) is 0 Å². The average molecular weight is 378 g/mol. The highest BCUT2D eigenvalue weighted by Crippen LogP contribution is 2.23. The van der Waals surface area contributed by atoms with Gasteiger partial charge in [0, 0.05) is 12.6 Å². The van der Waals surface area contributed by atoms with Gasteiger partial charge in [0.2, 0.25) is 5.91 Å². The lowest BCUT2D eigenvalue weighted by Crippen LogP contribution is -2.48. The van der Waals surface area contributed by atoms with E-state index in [0.29, 0.717) is 6.04 Å². The van der Waals surface area contributed by atoms with Crippen LogP contribution >= 0.6 is 0 Å². The van der Waals surface area contributed by atoms with E-state index < -0.39 is 12.1 Å². The largest absolute Gasteiger partial charge is 0.490 e. The summed E-state index contributed by atoms with van der Waals surface area (Å²) >= 11 is 0. The van der Waals surface area contributed by atoms with E-state index in [9.17, 15) is 18.0 Å². The third-order valence-electron chi connectivity index (χ3n) is 4.53. The number of amides is 1. The Labute approximate surface area is 150 Å². The Hall–Kier alpha value is -1.86. The first-order valence-corrected chi connectivity index (χ1v) is 8.62. The van der Waals surface area contributed by atoms with Gasteiger partial charge in [-0.3, -0.25) is 10.2 Å². The number of nitriles is 1. The normalized spacial score (nSPS) is 25.8. The molecule has 0 aromatic heterocycles. The van der Waals surface area contributed by atoms with Crippen LogP contribution in [0.15, 0.2) is 0 Å². The highest BCUT2D eigenvalue weighted by Gasteiger charge is 2.38. The number of rotatable bonds is 4. The fourth-order valence-electron chi connectivity index (χ4n) is 2.98. The molecular formula is C16H25F3N4O3. The maximum absolute atomic E-state index is 12.0. The summed E-state index contributed by atoms with van der Waals surface area (Å²) in [5.74, 6) is -1.89. The zero-order valence-electron chi connectivity index (χ0n) is 14.7. The van der Waals surface area contributed by atoms with Gasteiger partial charge in [-0.15, -0.1) is 0 Å². The Balaban J connectivity index is 0.000000412. The molecule has 1 atom stereocenters. The standard InChI is InChI=1S/C14H24N4O.C2HF3O2/c1-11-4-6-12(7-5-11)17-16-10-14(19)18-8-2-3-13(18)9-15;3-2(4,5)1(6)7/h11-13,16-17H,2-8,10H2,1H3;(H,6,7). The van der Waals surface area contributed by atoms with Gasteiger partial charge in [-0.2, -0.15) is 18.4 Å². The van der Waals surface area contributed by atoms with Crippen LogP contribution in [0.1, 0.15) is 45.4 Å². The first-order chi connectivity index (χ1) is 12.1. The second kappa shape index (κ2) is 10.3. The van der Waals surface area contributed by atoms with Gasteiger partial charge in [0.05, 0.1) is 12.6 Å². The van der Waals surface area contributed by atoms with Crippen molar-refractivity contribution in [2.24, 2.45) is 5.92 Å². The van der Waals surface area contributed by atoms with Gasteiger partial charge in [0.1, 0.15) is 6.04 Å². The van der Waals surface area contributed by atoms with Crippen molar-refractivity contribution in [1.82, 2.24) is 15.8 Å². The molecule has 0 aromatic carbocycles. The summed E-state index contributed by atoms with van der Waals surface area (Å²) in [6, 6.07) is 2.46. The van der Waals surface area contributed by atoms with E-state index in [-0.39, 0.29) is 18.5 Å². The van der Waals surface area contributed by atoms with Crippen molar-refractivity contribution < 1.29 is 27.9 Å². The Morgan fingerprint density at radius 3 is 2.31 bits per heavy atom. The van der Waals surface area contributed by atoms with E-state index in [4.69, 9.17) is 15.2 Å². The van der Waals surface area contributed by atoms with Crippen LogP contribution in [0.4, 0.5) is 13.2 Å². The highest BCUT2D eigenvalue weighted by molar-refractivity contribution is 5.79. The molecule has 1 unspecified atom stereocenters. The Bertz CT molecular complexity index is 514. The Morgan fingerprint density at radius 2 is 1.81 bits per heavy atom. The lowest BCUT2D eigenvalue weighted by atomic mass is 9.88. The molecule has 2 rings (SSSR count). The van der Waals surface area contributed by atoms with Crippen molar-refractivity contribution in [1.29, 1.82) is 5.26 Å². The molecule has 148 valence electrons. The summed E-state index contributed by atoms with van der Waals surface area (Å²) in [6.45, 7) is 3.30. The molecule has 1 saturated heterocycles. The summed E-state index contributed by atoms with van der Waals surface area (Å²) in [5, 5.41) is 16.1. The fraction of sp³-hybridized carbons (Fsp3) is 0.812. The summed E-state index contributed by atoms with van der Waals surface area (Å²) < 4.78 is 31.7. The van der Waals surface area contributed by atoms with Crippen LogP contribution in [0, 0.1) is 17.2 Å². The summed E-state index contributed by atoms with van der Waals surface area (Å²) in [4.78, 5) is 22.6. The van der Waals surface area contributed by atoms with E-state index in [0.717, 1.165) is 25.3 Å². The lowest BCUT2D eigenvalue weighted by Gasteiger charge is -2.27. The molecule has 10 heteroatoms. The van der Waals surface area contributed by atoms with E-state index in [1.165, 1.54) is 25.7 Å². The molecule has 3 N–H and O–H groups in total. The van der Waals surface area contributed by atoms with Gasteiger partial charge in [-0.05, 0) is 44.4 Å². The number of halogens is 3. The summed E-state index contributed by atoms with van der Waals surface area (Å²) in [5.41, 5.74) is 6.29. The second-order valence-electron chi connectivity index (χ2n) is 6.63. The predicted octanol–water partition coefficient (Wildman–Crippen LogP) is 1.81. The number of hydrogen-bond acceptors (Lipinski definition) is 5. The maximum atomic E-state index is 12.0. The van der Waals surface area contributed by atoms with Crippen LogP contribution in [0.3, 0.4) is 0 Å². The molecule has 1 aliphatic carbocycles. The molecule has 1 saturated carbocycles. The van der Waals surface area contributed by atoms with Gasteiger partial charge < -0.3 is 10.0 Å². The second-order valence-corrected chi connectivity index (χ2v) is 6.63. The van der Waals surface area contributed by atoms with Crippen molar-refractivity contribution in [2.75, 3.05) is 13.1 Å². The SMILES string of the molecule is CC1CCC(NNCC(=O)N2CCCC2C#N)CC1.O=C(O)C(F)(F)F. The number of carboxylic acid groups (broad SMARTS) is 1. The molecule has 2 aliphatic rings. The van der Waals surface area contributed by atoms with Crippen molar-refractivity contribution in [2.45, 2.75) is 63.7 Å². The van der Waals surface area contributed by atoms with Crippen LogP contribution in [0.25, 0.3) is 0 Å². The minimum absolute atomic E-state index is 0.0285. The quantitative estimate of drug-likeness (QED) is 0.645. The number of carbonyl (C=O) groups is 2. The van der Waals surface area contributed by atoms with Crippen molar-refractivity contribution in [3.63, 3.8) is 0 Å². The number of aliphatic carboxylic acids is 1. The van der Waals surface area contributed by atoms with Crippen molar-refractivity contribution >= 4 is 11.9 Å². The molecule has 1 amide bonds. The number of hydrazine groups is 1. The number of likely N-dealkylation sites (tertiary alicyclic amines) is 1. The summed E-state index contributed by atoms with van der Waals surface area (Å²) in [7, 11) is 0. The smallest absolute Gasteiger partial charge is 0.475 e. The van der Waals surface area contributed by atoms with Gasteiger partial charge >= 0.3 is 12.1 Å².